The molecule has 0 bridgehead atoms. The van der Waals surface area contributed by atoms with Gasteiger partial charge in [0.1, 0.15) is 12.3 Å². The quantitative estimate of drug-likeness (QED) is 0.786. The second-order valence-electron chi connectivity index (χ2n) is 4.86. The van der Waals surface area contributed by atoms with Gasteiger partial charge in [-0.15, -0.1) is 0 Å². The molecule has 1 saturated heterocycles. The van der Waals surface area contributed by atoms with Gasteiger partial charge in [-0.25, -0.2) is 19.3 Å². The molecule has 0 aromatic heterocycles. The molecule has 2 rings (SSSR count). The monoisotopic (exact) mass is 305 g/mol. The second-order valence-corrected chi connectivity index (χ2v) is 4.86. The lowest BCUT2D eigenvalue weighted by Gasteiger charge is -2.21. The highest BCUT2D eigenvalue weighted by molar-refractivity contribution is 6.00. The molecule has 0 spiro atoms. The van der Waals surface area contributed by atoms with Crippen LogP contribution in [0.25, 0.3) is 0 Å². The first-order chi connectivity index (χ1) is 10.5. The Labute approximate surface area is 126 Å². The lowest BCUT2D eigenvalue weighted by molar-refractivity contribution is -0.140. The number of benzene rings is 1. The molecule has 0 saturated carbocycles. The van der Waals surface area contributed by atoms with Gasteiger partial charge in [0.05, 0.1) is 6.54 Å². The summed E-state index contributed by atoms with van der Waals surface area (Å²) in [7, 11) is 1.40. The number of aldehydes is 1. The van der Waals surface area contributed by atoms with Gasteiger partial charge < -0.3 is 20.1 Å². The number of carbonyl (C=O) groups is 4. The number of carboxylic acid groups (broad SMARTS) is 1. The summed E-state index contributed by atoms with van der Waals surface area (Å²) in [6.45, 7) is -0.0985. The zero-order chi connectivity index (χ0) is 16.3. The summed E-state index contributed by atoms with van der Waals surface area (Å²) in [5.41, 5.74) is 0.540. The molecular weight excluding hydrogens is 290 g/mol. The maximum absolute atomic E-state index is 12.2. The molecule has 8 nitrogen and oxygen atoms in total. The Morgan fingerprint density at radius 2 is 2.00 bits per heavy atom. The molecule has 2 N–H and O–H groups in total. The Morgan fingerprint density at radius 1 is 1.36 bits per heavy atom. The van der Waals surface area contributed by atoms with Gasteiger partial charge in [0.2, 0.25) is 0 Å². The largest absolute Gasteiger partial charge is 0.480 e. The van der Waals surface area contributed by atoms with Crippen LogP contribution in [0.15, 0.2) is 30.3 Å². The van der Waals surface area contributed by atoms with Crippen LogP contribution in [0.5, 0.6) is 0 Å². The zero-order valence-corrected chi connectivity index (χ0v) is 11.8. The van der Waals surface area contributed by atoms with Gasteiger partial charge in [0.15, 0.2) is 6.04 Å². The standard InChI is InChI=1S/C14H15N3O5/c1-16-7-11(12(19)20)17(14(16)22)13(21)15-10(8-18)9-5-3-2-4-6-9/h2-6,8,10-11H,7H2,1H3,(H,15,21)(H,19,20). The van der Waals surface area contributed by atoms with Gasteiger partial charge in [0, 0.05) is 7.05 Å². The maximum Gasteiger partial charge on any atom is 0.328 e. The van der Waals surface area contributed by atoms with Crippen LogP contribution < -0.4 is 5.32 Å². The molecule has 1 aliphatic rings. The predicted octanol–water partition coefficient (Wildman–Crippen LogP) is 0.457. The van der Waals surface area contributed by atoms with E-state index in [4.69, 9.17) is 5.11 Å². The lowest BCUT2D eigenvalue weighted by atomic mass is 10.1. The molecule has 0 radical (unpaired) electrons. The fourth-order valence-electron chi connectivity index (χ4n) is 2.21. The normalized spacial score (nSPS) is 19.0. The zero-order valence-electron chi connectivity index (χ0n) is 11.8. The Morgan fingerprint density at radius 3 is 2.55 bits per heavy atom. The van der Waals surface area contributed by atoms with E-state index in [1.165, 1.54) is 7.05 Å². The van der Waals surface area contributed by atoms with E-state index in [1.807, 2.05) is 0 Å². The number of hydrogen-bond donors (Lipinski definition) is 2. The number of nitrogens with one attached hydrogen (secondary N) is 1. The third-order valence-corrected chi connectivity index (χ3v) is 3.37. The van der Waals surface area contributed by atoms with Gasteiger partial charge in [-0.3, -0.25) is 0 Å². The van der Waals surface area contributed by atoms with Crippen LogP contribution in [0, 0.1) is 0 Å². The summed E-state index contributed by atoms with van der Waals surface area (Å²) in [5, 5.41) is 11.5. The number of hydrogen-bond acceptors (Lipinski definition) is 4. The third kappa shape index (κ3) is 2.90. The van der Waals surface area contributed by atoms with E-state index < -0.39 is 30.1 Å². The number of urea groups is 2. The molecular formula is C14H15N3O5. The molecule has 2 atom stereocenters. The number of amides is 4. The van der Waals surface area contributed by atoms with Gasteiger partial charge in [-0.05, 0) is 5.56 Å². The van der Waals surface area contributed by atoms with Crippen LogP contribution in [0.2, 0.25) is 0 Å². The van der Waals surface area contributed by atoms with E-state index in [9.17, 15) is 19.2 Å². The third-order valence-electron chi connectivity index (χ3n) is 3.37. The van der Waals surface area contributed by atoms with Crippen LogP contribution in [0.4, 0.5) is 9.59 Å². The van der Waals surface area contributed by atoms with Crippen LogP contribution in [-0.4, -0.2) is 58.9 Å². The van der Waals surface area contributed by atoms with Crippen molar-refractivity contribution in [1.29, 1.82) is 0 Å². The van der Waals surface area contributed by atoms with E-state index >= 15 is 0 Å². The number of likely N-dealkylation sites (N-methyl/N-ethyl adjacent to an activating group) is 1. The first-order valence-electron chi connectivity index (χ1n) is 6.53. The minimum Gasteiger partial charge on any atom is -0.480 e. The van der Waals surface area contributed by atoms with Crippen LogP contribution in [0.1, 0.15) is 11.6 Å². The molecule has 8 heteroatoms. The SMILES string of the molecule is CN1CC(C(=O)O)N(C(=O)NC(C=O)c2ccccc2)C1=O. The first-order valence-corrected chi connectivity index (χ1v) is 6.53. The minimum absolute atomic E-state index is 0.0985. The highest BCUT2D eigenvalue weighted by Crippen LogP contribution is 2.17. The summed E-state index contributed by atoms with van der Waals surface area (Å²) < 4.78 is 0. The molecule has 1 aromatic carbocycles. The number of nitrogens with zero attached hydrogens (tertiary/aromatic N) is 2. The van der Waals surface area contributed by atoms with Crippen molar-refractivity contribution in [2.45, 2.75) is 12.1 Å². The van der Waals surface area contributed by atoms with Crippen molar-refractivity contribution in [2.24, 2.45) is 0 Å². The molecule has 4 amide bonds. The summed E-state index contributed by atoms with van der Waals surface area (Å²) in [4.78, 5) is 48.2. The van der Waals surface area contributed by atoms with E-state index in [1.54, 1.807) is 30.3 Å². The number of carboxylic acids is 1. The van der Waals surface area contributed by atoms with Crippen molar-refractivity contribution in [3.8, 4) is 0 Å². The molecule has 1 heterocycles. The highest BCUT2D eigenvalue weighted by Gasteiger charge is 2.44. The van der Waals surface area contributed by atoms with Gasteiger partial charge >= 0.3 is 18.0 Å². The lowest BCUT2D eigenvalue weighted by Crippen LogP contribution is -2.49. The molecule has 1 aromatic rings. The van der Waals surface area contributed by atoms with Crippen LogP contribution >= 0.6 is 0 Å². The van der Waals surface area contributed by atoms with E-state index in [-0.39, 0.29) is 6.54 Å². The fourth-order valence-corrected chi connectivity index (χ4v) is 2.21. The first kappa shape index (κ1) is 15.5. The Bertz CT molecular complexity index is 604. The Hall–Kier alpha value is -2.90. The molecule has 1 fully saturated rings. The van der Waals surface area contributed by atoms with Crippen molar-refractivity contribution in [2.75, 3.05) is 13.6 Å². The smallest absolute Gasteiger partial charge is 0.328 e. The summed E-state index contributed by atoms with van der Waals surface area (Å²) in [6.07, 6.45) is 0.521. The van der Waals surface area contributed by atoms with Crippen LogP contribution in [0.3, 0.4) is 0 Å². The van der Waals surface area contributed by atoms with Crippen molar-refractivity contribution in [3.05, 3.63) is 35.9 Å². The number of rotatable bonds is 4. The topological polar surface area (TPSA) is 107 Å². The molecule has 116 valence electrons. The average Bonchev–Trinajstić information content (AvgIpc) is 2.81. The van der Waals surface area contributed by atoms with Gasteiger partial charge in [-0.1, -0.05) is 30.3 Å². The molecule has 22 heavy (non-hydrogen) atoms. The van der Waals surface area contributed by atoms with Gasteiger partial charge in [-0.2, -0.15) is 0 Å². The summed E-state index contributed by atoms with van der Waals surface area (Å²) >= 11 is 0. The van der Waals surface area contributed by atoms with E-state index in [2.05, 4.69) is 5.32 Å². The molecule has 0 aliphatic carbocycles. The summed E-state index contributed by atoms with van der Waals surface area (Å²) in [6, 6.07) is 4.58. The maximum atomic E-state index is 12.2. The van der Waals surface area contributed by atoms with Gasteiger partial charge in [0.25, 0.3) is 0 Å². The molecule has 1 aliphatic heterocycles. The minimum atomic E-state index is -1.28. The van der Waals surface area contributed by atoms with Crippen molar-refractivity contribution >= 4 is 24.3 Å². The highest BCUT2D eigenvalue weighted by atomic mass is 16.4. The van der Waals surface area contributed by atoms with Crippen LogP contribution in [-0.2, 0) is 9.59 Å². The summed E-state index contributed by atoms with van der Waals surface area (Å²) in [5.74, 6) is -1.28. The fraction of sp³-hybridized carbons (Fsp3) is 0.286. The number of carbonyl (C=O) groups excluding carboxylic acids is 3. The van der Waals surface area contributed by atoms with Crippen molar-refractivity contribution in [1.82, 2.24) is 15.1 Å². The van der Waals surface area contributed by atoms with E-state index in [0.29, 0.717) is 16.7 Å². The Balaban J connectivity index is 2.18. The second kappa shape index (κ2) is 6.25. The average molecular weight is 305 g/mol. The molecule has 2 unspecified atom stereocenters. The van der Waals surface area contributed by atoms with E-state index in [0.717, 1.165) is 4.90 Å². The Kier molecular flexibility index (Phi) is 4.40. The number of imide groups is 1. The van der Waals surface area contributed by atoms with Crippen molar-refractivity contribution in [3.63, 3.8) is 0 Å². The predicted molar refractivity (Wildman–Crippen MR) is 75.1 cm³/mol. The number of aliphatic carboxylic acids is 1. The van der Waals surface area contributed by atoms with Crippen molar-refractivity contribution < 1.29 is 24.3 Å².